The minimum Gasteiger partial charge on any atom is -0.299 e. The highest BCUT2D eigenvalue weighted by molar-refractivity contribution is 5.25. The van der Waals surface area contributed by atoms with Crippen molar-refractivity contribution >= 4 is 0 Å². The lowest BCUT2D eigenvalue weighted by molar-refractivity contribution is 0.318. The molecular formula is C14H18N2. The van der Waals surface area contributed by atoms with Crippen LogP contribution in [0.25, 0.3) is 0 Å². The molecule has 0 atom stereocenters. The van der Waals surface area contributed by atoms with Crippen molar-refractivity contribution in [3.05, 3.63) is 59.9 Å². The second kappa shape index (κ2) is 4.44. The first kappa shape index (κ1) is 10.8. The van der Waals surface area contributed by atoms with Crippen LogP contribution >= 0.6 is 0 Å². The number of benzene rings is 1. The number of allylic oxidation sites excluding steroid dienone is 1. The Morgan fingerprint density at radius 1 is 1.25 bits per heavy atom. The topological polar surface area (TPSA) is 15.3 Å². The number of rotatable bonds is 3. The predicted molar refractivity (Wildman–Crippen MR) is 67.5 cm³/mol. The van der Waals surface area contributed by atoms with Crippen LogP contribution in [-0.2, 0) is 6.54 Å². The summed E-state index contributed by atoms with van der Waals surface area (Å²) in [5.74, 6) is 0.596. The highest BCUT2D eigenvalue weighted by Crippen LogP contribution is 2.16. The zero-order valence-electron chi connectivity index (χ0n) is 9.90. The molecule has 0 bridgehead atoms. The number of hydrogen-bond acceptors (Lipinski definition) is 2. The fourth-order valence-corrected chi connectivity index (χ4v) is 1.74. The van der Waals surface area contributed by atoms with Crippen molar-refractivity contribution in [2.75, 3.05) is 0 Å². The van der Waals surface area contributed by atoms with E-state index >= 15 is 0 Å². The van der Waals surface area contributed by atoms with Crippen LogP contribution in [0.3, 0.4) is 0 Å². The predicted octanol–water partition coefficient (Wildman–Crippen LogP) is 3.16. The monoisotopic (exact) mass is 214 g/mol. The first-order valence-corrected chi connectivity index (χ1v) is 5.64. The van der Waals surface area contributed by atoms with Crippen LogP contribution in [0, 0.1) is 0 Å². The van der Waals surface area contributed by atoms with E-state index in [1.165, 1.54) is 11.1 Å². The first-order valence-electron chi connectivity index (χ1n) is 5.64. The van der Waals surface area contributed by atoms with Crippen LogP contribution in [0.5, 0.6) is 0 Å². The zero-order chi connectivity index (χ0) is 11.5. The maximum atomic E-state index is 3.84. The van der Waals surface area contributed by atoms with Gasteiger partial charge in [0.25, 0.3) is 0 Å². The Bertz CT molecular complexity index is 401. The van der Waals surface area contributed by atoms with Crippen molar-refractivity contribution in [3.8, 4) is 0 Å². The van der Waals surface area contributed by atoms with E-state index in [-0.39, 0.29) is 0 Å². The summed E-state index contributed by atoms with van der Waals surface area (Å²) < 4.78 is 0. The lowest BCUT2D eigenvalue weighted by Crippen LogP contribution is -2.26. The van der Waals surface area contributed by atoms with Gasteiger partial charge in [0.05, 0.1) is 6.54 Å². The third kappa shape index (κ3) is 2.45. The Morgan fingerprint density at radius 2 is 1.94 bits per heavy atom. The fraction of sp³-hybridized carbons (Fsp3) is 0.286. The second-order valence-corrected chi connectivity index (χ2v) is 4.48. The molecule has 84 valence electrons. The van der Waals surface area contributed by atoms with Gasteiger partial charge in [-0.2, -0.15) is 0 Å². The van der Waals surface area contributed by atoms with Gasteiger partial charge in [0.2, 0.25) is 0 Å². The van der Waals surface area contributed by atoms with E-state index in [2.05, 4.69) is 50.1 Å². The molecule has 0 amide bonds. The normalized spacial score (nSPS) is 14.7. The molecule has 1 aromatic carbocycles. The van der Waals surface area contributed by atoms with E-state index in [0.29, 0.717) is 5.92 Å². The summed E-state index contributed by atoms with van der Waals surface area (Å²) in [6.45, 7) is 9.14. The quantitative estimate of drug-likeness (QED) is 0.831. The van der Waals surface area contributed by atoms with Crippen molar-refractivity contribution in [2.24, 2.45) is 0 Å². The lowest BCUT2D eigenvalue weighted by atomic mass is 10.0. The number of hydrazine groups is 1. The van der Waals surface area contributed by atoms with Crippen LogP contribution in [0.4, 0.5) is 0 Å². The van der Waals surface area contributed by atoms with Gasteiger partial charge in [-0.15, -0.1) is 0 Å². The van der Waals surface area contributed by atoms with Gasteiger partial charge in [-0.3, -0.25) is 10.4 Å². The van der Waals surface area contributed by atoms with E-state index in [4.69, 9.17) is 0 Å². The summed E-state index contributed by atoms with van der Waals surface area (Å²) >= 11 is 0. The van der Waals surface area contributed by atoms with Crippen molar-refractivity contribution < 1.29 is 0 Å². The molecule has 0 fully saturated rings. The Kier molecular flexibility index (Phi) is 3.00. The van der Waals surface area contributed by atoms with E-state index in [1.54, 1.807) is 0 Å². The summed E-state index contributed by atoms with van der Waals surface area (Å²) in [6, 6.07) is 8.78. The maximum absolute atomic E-state index is 3.84. The molecule has 0 saturated carbocycles. The molecule has 1 heterocycles. The zero-order valence-corrected chi connectivity index (χ0v) is 9.90. The first-order chi connectivity index (χ1) is 7.65. The van der Waals surface area contributed by atoms with Crippen LogP contribution < -0.4 is 5.43 Å². The summed E-state index contributed by atoms with van der Waals surface area (Å²) in [4.78, 5) is 0. The largest absolute Gasteiger partial charge is 0.299 e. The molecule has 2 nitrogen and oxygen atoms in total. The highest BCUT2D eigenvalue weighted by Gasteiger charge is 2.06. The van der Waals surface area contributed by atoms with Gasteiger partial charge >= 0.3 is 0 Å². The molecule has 1 N–H and O–H groups in total. The molecule has 1 aromatic rings. The van der Waals surface area contributed by atoms with Gasteiger partial charge in [0.15, 0.2) is 0 Å². The van der Waals surface area contributed by atoms with Gasteiger partial charge in [-0.25, -0.2) is 0 Å². The molecule has 1 aliphatic rings. The van der Waals surface area contributed by atoms with Crippen LogP contribution in [0.2, 0.25) is 0 Å². The molecule has 2 heteroatoms. The summed E-state index contributed by atoms with van der Waals surface area (Å²) in [5.41, 5.74) is 6.80. The Balaban J connectivity index is 2.00. The minimum atomic E-state index is 0.596. The molecule has 16 heavy (non-hydrogen) atoms. The Morgan fingerprint density at radius 3 is 2.44 bits per heavy atom. The molecule has 1 aliphatic heterocycles. The average Bonchev–Trinajstić information content (AvgIpc) is 2.65. The lowest BCUT2D eigenvalue weighted by Gasteiger charge is -2.17. The number of nitrogens with one attached hydrogen (secondary N) is 1. The summed E-state index contributed by atoms with van der Waals surface area (Å²) in [7, 11) is 0. The molecule has 2 rings (SSSR count). The van der Waals surface area contributed by atoms with Crippen LogP contribution in [-0.4, -0.2) is 5.01 Å². The number of hydrogen-bond donors (Lipinski definition) is 1. The van der Waals surface area contributed by atoms with Gasteiger partial charge in [0.1, 0.15) is 0 Å². The molecule has 0 unspecified atom stereocenters. The molecule has 0 spiro atoms. The summed E-state index contributed by atoms with van der Waals surface area (Å²) in [5, 5.41) is 2.03. The smallest absolute Gasteiger partial charge is 0.0637 e. The molecular weight excluding hydrogens is 196 g/mol. The Labute approximate surface area is 97.2 Å². The fourth-order valence-electron chi connectivity index (χ4n) is 1.74. The van der Waals surface area contributed by atoms with Crippen molar-refractivity contribution in [2.45, 2.75) is 26.3 Å². The highest BCUT2D eigenvalue weighted by atomic mass is 15.5. The van der Waals surface area contributed by atoms with E-state index in [1.807, 2.05) is 17.3 Å². The van der Waals surface area contributed by atoms with E-state index < -0.39 is 0 Å². The SMILES string of the molecule is C=C1C=CN(Cc2ccc(C(C)C)cc2)N1. The van der Waals surface area contributed by atoms with Crippen LogP contribution in [0.15, 0.2) is 48.8 Å². The van der Waals surface area contributed by atoms with E-state index in [0.717, 1.165) is 12.2 Å². The molecule has 0 aliphatic carbocycles. The standard InChI is InChI=1S/C14H18N2/c1-11(2)14-6-4-13(5-7-14)10-16-9-8-12(3)15-16/h4-9,11,15H,3,10H2,1-2H3. The maximum Gasteiger partial charge on any atom is 0.0637 e. The average molecular weight is 214 g/mol. The third-order valence-electron chi connectivity index (χ3n) is 2.74. The van der Waals surface area contributed by atoms with E-state index in [9.17, 15) is 0 Å². The van der Waals surface area contributed by atoms with Crippen molar-refractivity contribution in [1.82, 2.24) is 10.4 Å². The molecule has 0 saturated heterocycles. The van der Waals surface area contributed by atoms with Crippen molar-refractivity contribution in [3.63, 3.8) is 0 Å². The van der Waals surface area contributed by atoms with Crippen molar-refractivity contribution in [1.29, 1.82) is 0 Å². The summed E-state index contributed by atoms with van der Waals surface area (Å²) in [6.07, 6.45) is 3.99. The minimum absolute atomic E-state index is 0.596. The Hall–Kier alpha value is -1.70. The number of nitrogens with zero attached hydrogens (tertiary/aromatic N) is 1. The van der Waals surface area contributed by atoms with Gasteiger partial charge in [-0.1, -0.05) is 44.7 Å². The second-order valence-electron chi connectivity index (χ2n) is 4.48. The molecule has 0 radical (unpaired) electrons. The van der Waals surface area contributed by atoms with Gasteiger partial charge < -0.3 is 0 Å². The molecule has 0 aromatic heterocycles. The third-order valence-corrected chi connectivity index (χ3v) is 2.74. The van der Waals surface area contributed by atoms with Crippen LogP contribution in [0.1, 0.15) is 30.9 Å². The van der Waals surface area contributed by atoms with Gasteiger partial charge in [0, 0.05) is 11.9 Å². The van der Waals surface area contributed by atoms with Gasteiger partial charge in [-0.05, 0) is 23.1 Å².